The van der Waals surface area contributed by atoms with Gasteiger partial charge in [-0.3, -0.25) is 0 Å². The SMILES string of the molecule is CCn1nc(C)cc1NCc1c(C)nn(CC)c1F. The van der Waals surface area contributed by atoms with Crippen LogP contribution in [0.1, 0.15) is 30.8 Å². The van der Waals surface area contributed by atoms with Crippen LogP contribution in [0.3, 0.4) is 0 Å². The summed E-state index contributed by atoms with van der Waals surface area (Å²) in [5, 5.41) is 11.7. The first-order valence-electron chi connectivity index (χ1n) is 6.56. The predicted octanol–water partition coefficient (Wildman–Crippen LogP) is 2.49. The zero-order valence-corrected chi connectivity index (χ0v) is 11.9. The number of aromatic nitrogens is 4. The smallest absolute Gasteiger partial charge is 0.216 e. The fourth-order valence-corrected chi connectivity index (χ4v) is 2.11. The summed E-state index contributed by atoms with van der Waals surface area (Å²) in [6, 6.07) is 1.96. The van der Waals surface area contributed by atoms with Crippen LogP contribution in [0.15, 0.2) is 6.07 Å². The molecule has 0 saturated heterocycles. The molecule has 0 aliphatic rings. The summed E-state index contributed by atoms with van der Waals surface area (Å²) in [5.41, 5.74) is 2.29. The number of anilines is 1. The number of nitrogens with zero attached hydrogens (tertiary/aromatic N) is 4. The van der Waals surface area contributed by atoms with Crippen molar-refractivity contribution in [3.05, 3.63) is 29.0 Å². The molecule has 19 heavy (non-hydrogen) atoms. The summed E-state index contributed by atoms with van der Waals surface area (Å²) in [5.74, 6) is 0.648. The van der Waals surface area contributed by atoms with Crippen molar-refractivity contribution >= 4 is 5.82 Å². The molecule has 0 aromatic carbocycles. The second kappa shape index (κ2) is 5.42. The van der Waals surface area contributed by atoms with Gasteiger partial charge < -0.3 is 5.32 Å². The molecular formula is C13H20FN5. The summed E-state index contributed by atoms with van der Waals surface area (Å²) in [6.07, 6.45) is 0. The lowest BCUT2D eigenvalue weighted by molar-refractivity contribution is 0.464. The number of halogens is 1. The van der Waals surface area contributed by atoms with Crippen molar-refractivity contribution in [1.82, 2.24) is 19.6 Å². The Hall–Kier alpha value is -1.85. The van der Waals surface area contributed by atoms with E-state index in [0.717, 1.165) is 23.8 Å². The summed E-state index contributed by atoms with van der Waals surface area (Å²) in [6.45, 7) is 9.42. The number of nitrogens with one attached hydrogen (secondary N) is 1. The van der Waals surface area contributed by atoms with Gasteiger partial charge in [-0.2, -0.15) is 14.6 Å². The molecule has 2 aromatic rings. The number of hydrogen-bond acceptors (Lipinski definition) is 3. The van der Waals surface area contributed by atoms with Gasteiger partial charge in [-0.1, -0.05) is 0 Å². The monoisotopic (exact) mass is 265 g/mol. The van der Waals surface area contributed by atoms with E-state index in [-0.39, 0.29) is 5.95 Å². The third-order valence-electron chi connectivity index (χ3n) is 3.13. The minimum Gasteiger partial charge on any atom is -0.366 e. The molecular weight excluding hydrogens is 245 g/mol. The minimum atomic E-state index is -0.258. The Morgan fingerprint density at radius 1 is 1.16 bits per heavy atom. The van der Waals surface area contributed by atoms with E-state index in [0.29, 0.717) is 18.7 Å². The van der Waals surface area contributed by atoms with Crippen LogP contribution in [-0.2, 0) is 19.6 Å². The van der Waals surface area contributed by atoms with Gasteiger partial charge in [0, 0.05) is 31.3 Å². The van der Waals surface area contributed by atoms with Crippen molar-refractivity contribution in [2.24, 2.45) is 0 Å². The average Bonchev–Trinajstić information content (AvgIpc) is 2.88. The molecule has 0 saturated carbocycles. The first-order chi connectivity index (χ1) is 9.06. The summed E-state index contributed by atoms with van der Waals surface area (Å²) >= 11 is 0. The zero-order valence-electron chi connectivity index (χ0n) is 11.9. The van der Waals surface area contributed by atoms with Crippen LogP contribution in [0.2, 0.25) is 0 Å². The van der Waals surface area contributed by atoms with Crippen LogP contribution >= 0.6 is 0 Å². The fourth-order valence-electron chi connectivity index (χ4n) is 2.11. The third kappa shape index (κ3) is 2.62. The molecule has 0 radical (unpaired) electrons. The quantitative estimate of drug-likeness (QED) is 0.903. The van der Waals surface area contributed by atoms with Gasteiger partial charge in [0.05, 0.1) is 11.4 Å². The highest BCUT2D eigenvalue weighted by Gasteiger charge is 2.14. The lowest BCUT2D eigenvalue weighted by atomic mass is 10.2. The van der Waals surface area contributed by atoms with Gasteiger partial charge in [-0.25, -0.2) is 9.36 Å². The Balaban J connectivity index is 2.16. The molecule has 0 fully saturated rings. The van der Waals surface area contributed by atoms with Crippen molar-refractivity contribution in [2.75, 3.05) is 5.32 Å². The van der Waals surface area contributed by atoms with E-state index in [1.165, 1.54) is 4.68 Å². The third-order valence-corrected chi connectivity index (χ3v) is 3.13. The minimum absolute atomic E-state index is 0.258. The molecule has 0 amide bonds. The van der Waals surface area contributed by atoms with E-state index in [1.54, 1.807) is 0 Å². The van der Waals surface area contributed by atoms with Gasteiger partial charge >= 0.3 is 0 Å². The Labute approximate surface area is 112 Å². The van der Waals surface area contributed by atoms with Crippen LogP contribution in [0.25, 0.3) is 0 Å². The number of aryl methyl sites for hydroxylation is 4. The van der Waals surface area contributed by atoms with E-state index in [4.69, 9.17) is 0 Å². The Bertz CT molecular complexity index is 570. The molecule has 2 heterocycles. The van der Waals surface area contributed by atoms with Crippen molar-refractivity contribution in [3.63, 3.8) is 0 Å². The first kappa shape index (κ1) is 13.6. The van der Waals surface area contributed by atoms with Crippen LogP contribution in [0.4, 0.5) is 10.2 Å². The van der Waals surface area contributed by atoms with E-state index < -0.39 is 0 Å². The zero-order chi connectivity index (χ0) is 14.0. The standard InChI is InChI=1S/C13H20FN5/c1-5-18-12(7-9(3)16-18)15-8-11-10(4)17-19(6-2)13(11)14/h7,15H,5-6,8H2,1-4H3. The van der Waals surface area contributed by atoms with Crippen LogP contribution in [-0.4, -0.2) is 19.6 Å². The molecule has 5 nitrogen and oxygen atoms in total. The number of hydrogen-bond donors (Lipinski definition) is 1. The maximum Gasteiger partial charge on any atom is 0.216 e. The second-order valence-electron chi connectivity index (χ2n) is 4.51. The van der Waals surface area contributed by atoms with Crippen LogP contribution in [0.5, 0.6) is 0 Å². The molecule has 2 rings (SSSR count). The van der Waals surface area contributed by atoms with Crippen molar-refractivity contribution in [3.8, 4) is 0 Å². The molecule has 6 heteroatoms. The van der Waals surface area contributed by atoms with Gasteiger partial charge in [-0.15, -0.1) is 0 Å². The first-order valence-corrected chi connectivity index (χ1v) is 6.56. The maximum absolute atomic E-state index is 14.0. The summed E-state index contributed by atoms with van der Waals surface area (Å²) in [4.78, 5) is 0. The second-order valence-corrected chi connectivity index (χ2v) is 4.51. The molecule has 0 bridgehead atoms. The average molecular weight is 265 g/mol. The van der Waals surface area contributed by atoms with Gasteiger partial charge in [0.15, 0.2) is 0 Å². The molecule has 0 spiro atoms. The molecule has 0 atom stereocenters. The summed E-state index contributed by atoms with van der Waals surface area (Å²) in [7, 11) is 0. The Kier molecular flexibility index (Phi) is 3.87. The van der Waals surface area contributed by atoms with Gasteiger partial charge in [0.1, 0.15) is 5.82 Å². The Morgan fingerprint density at radius 2 is 1.84 bits per heavy atom. The van der Waals surface area contributed by atoms with Crippen LogP contribution in [0, 0.1) is 19.8 Å². The molecule has 0 aliphatic heterocycles. The van der Waals surface area contributed by atoms with Gasteiger partial charge in [-0.05, 0) is 27.7 Å². The molecule has 2 aromatic heterocycles. The van der Waals surface area contributed by atoms with E-state index in [2.05, 4.69) is 15.5 Å². The van der Waals surface area contributed by atoms with Crippen molar-refractivity contribution < 1.29 is 4.39 Å². The predicted molar refractivity (Wildman–Crippen MR) is 72.6 cm³/mol. The molecule has 104 valence electrons. The highest BCUT2D eigenvalue weighted by Crippen LogP contribution is 2.16. The molecule has 0 aliphatic carbocycles. The lowest BCUT2D eigenvalue weighted by Gasteiger charge is -2.07. The van der Waals surface area contributed by atoms with Crippen molar-refractivity contribution in [2.45, 2.75) is 47.3 Å². The highest BCUT2D eigenvalue weighted by molar-refractivity contribution is 5.38. The maximum atomic E-state index is 14.0. The summed E-state index contributed by atoms with van der Waals surface area (Å²) < 4.78 is 17.3. The number of rotatable bonds is 5. The topological polar surface area (TPSA) is 47.7 Å². The highest BCUT2D eigenvalue weighted by atomic mass is 19.1. The fraction of sp³-hybridized carbons (Fsp3) is 0.538. The largest absolute Gasteiger partial charge is 0.366 e. The van der Waals surface area contributed by atoms with E-state index in [9.17, 15) is 4.39 Å². The lowest BCUT2D eigenvalue weighted by Crippen LogP contribution is -2.08. The van der Waals surface area contributed by atoms with Crippen molar-refractivity contribution in [1.29, 1.82) is 0 Å². The Morgan fingerprint density at radius 3 is 2.42 bits per heavy atom. The van der Waals surface area contributed by atoms with E-state index in [1.807, 2.05) is 38.4 Å². The van der Waals surface area contributed by atoms with E-state index >= 15 is 0 Å². The van der Waals surface area contributed by atoms with Gasteiger partial charge in [0.2, 0.25) is 5.95 Å². The normalized spacial score (nSPS) is 11.0. The molecule has 1 N–H and O–H groups in total. The van der Waals surface area contributed by atoms with Gasteiger partial charge in [0.25, 0.3) is 0 Å². The molecule has 0 unspecified atom stereocenters. The van der Waals surface area contributed by atoms with Crippen LogP contribution < -0.4 is 5.32 Å².